The molecule has 2 amide bonds. The third-order valence-corrected chi connectivity index (χ3v) is 4.01. The Hall–Kier alpha value is -3.02. The zero-order chi connectivity index (χ0) is 17.6. The average Bonchev–Trinajstić information content (AvgIpc) is 3.12. The molecule has 0 radical (unpaired) electrons. The standard InChI is InChI=1S/C19H20N2O4/c1-20-19(23)15-6-2-14(3-7-15)11-21-18(22)9-5-13-4-8-16-17(10-13)25-12-24-16/h2-4,6-8,10H,5,9,11-12H2,1H3,(H,20,23)(H,21,22). The molecule has 6 heteroatoms. The molecule has 2 N–H and O–H groups in total. The molecule has 2 aromatic carbocycles. The Morgan fingerprint density at radius 1 is 1.00 bits per heavy atom. The minimum atomic E-state index is -0.126. The number of nitrogens with one attached hydrogen (secondary N) is 2. The van der Waals surface area contributed by atoms with Crippen molar-refractivity contribution in [2.45, 2.75) is 19.4 Å². The third kappa shape index (κ3) is 4.29. The summed E-state index contributed by atoms with van der Waals surface area (Å²) in [5.41, 5.74) is 2.58. The number of hydrogen-bond donors (Lipinski definition) is 2. The molecular weight excluding hydrogens is 320 g/mol. The number of benzene rings is 2. The number of ether oxygens (including phenoxy) is 2. The summed E-state index contributed by atoms with van der Waals surface area (Å²) in [4.78, 5) is 23.5. The van der Waals surface area contributed by atoms with E-state index < -0.39 is 0 Å². The summed E-state index contributed by atoms with van der Waals surface area (Å²) >= 11 is 0. The lowest BCUT2D eigenvalue weighted by molar-refractivity contribution is -0.121. The molecule has 0 atom stereocenters. The van der Waals surface area contributed by atoms with Crippen LogP contribution in [-0.4, -0.2) is 25.7 Å². The van der Waals surface area contributed by atoms with Gasteiger partial charge in [0.2, 0.25) is 12.7 Å². The number of carbonyl (C=O) groups is 2. The quantitative estimate of drug-likeness (QED) is 0.843. The summed E-state index contributed by atoms with van der Waals surface area (Å²) in [5, 5.41) is 5.46. The van der Waals surface area contributed by atoms with Crippen molar-refractivity contribution < 1.29 is 19.1 Å². The highest BCUT2D eigenvalue weighted by Gasteiger charge is 2.13. The minimum absolute atomic E-state index is 0.0203. The molecule has 25 heavy (non-hydrogen) atoms. The number of aryl methyl sites for hydroxylation is 1. The van der Waals surface area contributed by atoms with Crippen molar-refractivity contribution in [2.75, 3.05) is 13.8 Å². The Morgan fingerprint density at radius 3 is 2.48 bits per heavy atom. The van der Waals surface area contributed by atoms with Crippen LogP contribution in [0.25, 0.3) is 0 Å². The highest BCUT2D eigenvalue weighted by Crippen LogP contribution is 2.32. The van der Waals surface area contributed by atoms with Gasteiger partial charge in [-0.1, -0.05) is 18.2 Å². The van der Waals surface area contributed by atoms with Crippen molar-refractivity contribution in [2.24, 2.45) is 0 Å². The largest absolute Gasteiger partial charge is 0.454 e. The fraction of sp³-hybridized carbons (Fsp3) is 0.263. The third-order valence-electron chi connectivity index (χ3n) is 4.01. The maximum Gasteiger partial charge on any atom is 0.251 e. The molecule has 1 heterocycles. The zero-order valence-electron chi connectivity index (χ0n) is 14.0. The van der Waals surface area contributed by atoms with Crippen LogP contribution < -0.4 is 20.1 Å². The summed E-state index contributed by atoms with van der Waals surface area (Å²) in [6.07, 6.45) is 1.04. The summed E-state index contributed by atoms with van der Waals surface area (Å²) in [7, 11) is 1.59. The van der Waals surface area contributed by atoms with E-state index in [0.717, 1.165) is 22.6 Å². The molecule has 0 bridgehead atoms. The molecule has 0 aliphatic carbocycles. The highest BCUT2D eigenvalue weighted by molar-refractivity contribution is 5.93. The molecule has 6 nitrogen and oxygen atoms in total. The number of carbonyl (C=O) groups excluding carboxylic acids is 2. The first kappa shape index (κ1) is 16.8. The first-order valence-electron chi connectivity index (χ1n) is 8.12. The van der Waals surface area contributed by atoms with Gasteiger partial charge in [0.1, 0.15) is 0 Å². The van der Waals surface area contributed by atoms with Crippen LogP contribution in [0.2, 0.25) is 0 Å². The van der Waals surface area contributed by atoms with E-state index in [0.29, 0.717) is 24.9 Å². The van der Waals surface area contributed by atoms with Gasteiger partial charge in [-0.15, -0.1) is 0 Å². The summed E-state index contributed by atoms with van der Waals surface area (Å²) in [6.45, 7) is 0.686. The van der Waals surface area contributed by atoms with Gasteiger partial charge in [0.05, 0.1) is 0 Å². The van der Waals surface area contributed by atoms with E-state index >= 15 is 0 Å². The fourth-order valence-electron chi connectivity index (χ4n) is 2.56. The molecule has 130 valence electrons. The zero-order valence-corrected chi connectivity index (χ0v) is 14.0. The summed E-state index contributed by atoms with van der Waals surface area (Å²) < 4.78 is 10.6. The Balaban J connectivity index is 1.46. The highest BCUT2D eigenvalue weighted by atomic mass is 16.7. The molecule has 0 unspecified atom stereocenters. The van der Waals surface area contributed by atoms with Gasteiger partial charge in [0.25, 0.3) is 5.91 Å². The minimum Gasteiger partial charge on any atom is -0.454 e. The maximum absolute atomic E-state index is 12.0. The van der Waals surface area contributed by atoms with Crippen LogP contribution in [0, 0.1) is 0 Å². The lowest BCUT2D eigenvalue weighted by Gasteiger charge is -2.07. The van der Waals surface area contributed by atoms with Crippen molar-refractivity contribution >= 4 is 11.8 Å². The van der Waals surface area contributed by atoms with Crippen molar-refractivity contribution in [3.63, 3.8) is 0 Å². The molecule has 2 aromatic rings. The normalized spacial score (nSPS) is 11.9. The Kier molecular flexibility index (Phi) is 5.18. The summed E-state index contributed by atoms with van der Waals surface area (Å²) in [6, 6.07) is 12.9. The van der Waals surface area contributed by atoms with Crippen LogP contribution in [0.15, 0.2) is 42.5 Å². The van der Waals surface area contributed by atoms with Gasteiger partial charge in [0, 0.05) is 25.6 Å². The lowest BCUT2D eigenvalue weighted by atomic mass is 10.1. The van der Waals surface area contributed by atoms with E-state index in [-0.39, 0.29) is 18.6 Å². The molecule has 1 aliphatic rings. The monoisotopic (exact) mass is 340 g/mol. The summed E-state index contributed by atoms with van der Waals surface area (Å²) in [5.74, 6) is 1.33. The van der Waals surface area contributed by atoms with Crippen LogP contribution in [0.5, 0.6) is 11.5 Å². The van der Waals surface area contributed by atoms with E-state index in [9.17, 15) is 9.59 Å². The molecule has 0 aromatic heterocycles. The van der Waals surface area contributed by atoms with Crippen LogP contribution >= 0.6 is 0 Å². The van der Waals surface area contributed by atoms with E-state index in [1.54, 1.807) is 19.2 Å². The van der Waals surface area contributed by atoms with Gasteiger partial charge in [-0.3, -0.25) is 9.59 Å². The second-order valence-electron chi connectivity index (χ2n) is 5.74. The predicted octanol–water partition coefficient (Wildman–Crippen LogP) is 2.02. The number of hydrogen-bond acceptors (Lipinski definition) is 4. The van der Waals surface area contributed by atoms with Gasteiger partial charge in [-0.05, 0) is 41.8 Å². The first-order valence-corrected chi connectivity index (χ1v) is 8.12. The van der Waals surface area contributed by atoms with Gasteiger partial charge in [-0.2, -0.15) is 0 Å². The van der Waals surface area contributed by atoms with Crippen LogP contribution in [-0.2, 0) is 17.8 Å². The predicted molar refractivity (Wildman–Crippen MR) is 92.6 cm³/mol. The van der Waals surface area contributed by atoms with E-state index in [2.05, 4.69) is 10.6 Å². The van der Waals surface area contributed by atoms with Crippen molar-refractivity contribution in [3.8, 4) is 11.5 Å². The molecule has 1 aliphatic heterocycles. The van der Waals surface area contributed by atoms with E-state index in [1.165, 1.54) is 0 Å². The molecule has 0 saturated heterocycles. The lowest BCUT2D eigenvalue weighted by Crippen LogP contribution is -2.23. The second-order valence-corrected chi connectivity index (χ2v) is 5.74. The molecule has 0 saturated carbocycles. The van der Waals surface area contributed by atoms with Crippen molar-refractivity contribution in [1.82, 2.24) is 10.6 Å². The van der Waals surface area contributed by atoms with Crippen molar-refractivity contribution in [1.29, 1.82) is 0 Å². The maximum atomic E-state index is 12.0. The Bertz CT molecular complexity index is 771. The van der Waals surface area contributed by atoms with Crippen molar-refractivity contribution in [3.05, 3.63) is 59.2 Å². The fourth-order valence-corrected chi connectivity index (χ4v) is 2.56. The first-order chi connectivity index (χ1) is 12.2. The number of fused-ring (bicyclic) bond motifs is 1. The topological polar surface area (TPSA) is 76.7 Å². The van der Waals surface area contributed by atoms with Gasteiger partial charge in [0.15, 0.2) is 11.5 Å². The number of rotatable bonds is 6. The van der Waals surface area contributed by atoms with E-state index in [4.69, 9.17) is 9.47 Å². The van der Waals surface area contributed by atoms with E-state index in [1.807, 2.05) is 30.3 Å². The van der Waals surface area contributed by atoms with Crippen LogP contribution in [0.1, 0.15) is 27.9 Å². The Labute approximate surface area is 146 Å². The smallest absolute Gasteiger partial charge is 0.251 e. The van der Waals surface area contributed by atoms with Gasteiger partial charge < -0.3 is 20.1 Å². The van der Waals surface area contributed by atoms with Gasteiger partial charge in [-0.25, -0.2) is 0 Å². The molecular formula is C19H20N2O4. The SMILES string of the molecule is CNC(=O)c1ccc(CNC(=O)CCc2ccc3c(c2)OCO3)cc1. The van der Waals surface area contributed by atoms with Crippen LogP contribution in [0.3, 0.4) is 0 Å². The molecule has 3 rings (SSSR count). The second kappa shape index (κ2) is 7.70. The average molecular weight is 340 g/mol. The number of amides is 2. The molecule has 0 fully saturated rings. The molecule has 0 spiro atoms. The van der Waals surface area contributed by atoms with Gasteiger partial charge >= 0.3 is 0 Å². The van der Waals surface area contributed by atoms with Crippen LogP contribution in [0.4, 0.5) is 0 Å². The Morgan fingerprint density at radius 2 is 1.72 bits per heavy atom.